The molecule has 0 amide bonds. The van der Waals surface area contributed by atoms with E-state index in [0.29, 0.717) is 12.1 Å². The minimum absolute atomic E-state index is 0.0958. The van der Waals surface area contributed by atoms with Gasteiger partial charge >= 0.3 is 0 Å². The number of carbonyl (C=O) groups is 1. The minimum atomic E-state index is -3.71. The van der Waals surface area contributed by atoms with Crippen molar-refractivity contribution >= 4 is 32.5 Å². The van der Waals surface area contributed by atoms with Crippen molar-refractivity contribution in [1.29, 1.82) is 0 Å². The lowest BCUT2D eigenvalue weighted by atomic mass is 10.1. The Hall–Kier alpha value is -2.86. The molecule has 3 aromatic carbocycles. The van der Waals surface area contributed by atoms with Gasteiger partial charge in [-0.05, 0) is 53.4 Å². The molecule has 128 valence electrons. The number of rotatable bonds is 6. The summed E-state index contributed by atoms with van der Waals surface area (Å²) in [7, 11) is -3.71. The van der Waals surface area contributed by atoms with E-state index < -0.39 is 16.0 Å². The lowest BCUT2D eigenvalue weighted by Gasteiger charge is -2.10. The highest BCUT2D eigenvalue weighted by Crippen LogP contribution is 2.22. The number of sulfonamides is 1. The van der Waals surface area contributed by atoms with E-state index in [9.17, 15) is 18.3 Å². The third kappa shape index (κ3) is 4.16. The molecule has 5 nitrogen and oxygen atoms in total. The average Bonchev–Trinajstić information content (AvgIpc) is 2.60. The molecule has 25 heavy (non-hydrogen) atoms. The summed E-state index contributed by atoms with van der Waals surface area (Å²) in [5.74, 6) is -1.13. The number of aryl methyl sites for hydroxylation is 1. The van der Waals surface area contributed by atoms with Crippen LogP contribution in [0.2, 0.25) is 0 Å². The second-order valence-electron chi connectivity index (χ2n) is 5.68. The number of carboxylic acid groups (broad SMARTS) is 1. The fourth-order valence-corrected chi connectivity index (χ4v) is 3.60. The van der Waals surface area contributed by atoms with Crippen LogP contribution in [0.3, 0.4) is 0 Å². The summed E-state index contributed by atoms with van der Waals surface area (Å²) in [6.45, 7) is 0. The summed E-state index contributed by atoms with van der Waals surface area (Å²) in [4.78, 5) is 10.6. The molecule has 0 aliphatic carbocycles. The molecule has 0 aliphatic heterocycles. The zero-order chi connectivity index (χ0) is 17.9. The van der Waals surface area contributed by atoms with Crippen LogP contribution in [-0.4, -0.2) is 14.4 Å². The predicted molar refractivity (Wildman–Crippen MR) is 94.5 cm³/mol. The number of hydrogen-bond donors (Lipinski definition) is 1. The van der Waals surface area contributed by atoms with Crippen molar-refractivity contribution < 1.29 is 18.3 Å². The second kappa shape index (κ2) is 6.94. The molecule has 0 bridgehead atoms. The Morgan fingerprint density at radius 3 is 2.28 bits per heavy atom. The van der Waals surface area contributed by atoms with Crippen LogP contribution >= 0.6 is 0 Å². The molecule has 6 heteroatoms. The second-order valence-corrected chi connectivity index (χ2v) is 7.37. The maximum absolute atomic E-state index is 12.5. The van der Waals surface area contributed by atoms with Crippen molar-refractivity contribution in [3.05, 3.63) is 72.3 Å². The largest absolute Gasteiger partial charge is 0.550 e. The maximum atomic E-state index is 12.5. The maximum Gasteiger partial charge on any atom is 0.261 e. The molecule has 0 aromatic heterocycles. The third-order valence-corrected chi connectivity index (χ3v) is 5.25. The summed E-state index contributed by atoms with van der Waals surface area (Å²) in [6.07, 6.45) is 0.211. The Balaban J connectivity index is 1.79. The highest BCUT2D eigenvalue weighted by molar-refractivity contribution is 7.92. The molecule has 0 unspecified atom stereocenters. The SMILES string of the molecule is O=C([O-])CCc1ccc(S(=O)(=O)Nc2ccc3ccccc3c2)cc1. The van der Waals surface area contributed by atoms with Gasteiger partial charge in [-0.15, -0.1) is 0 Å². The highest BCUT2D eigenvalue weighted by atomic mass is 32.2. The first-order chi connectivity index (χ1) is 11.9. The van der Waals surface area contributed by atoms with Crippen molar-refractivity contribution in [1.82, 2.24) is 0 Å². The zero-order valence-electron chi connectivity index (χ0n) is 13.3. The number of carboxylic acids is 1. The van der Waals surface area contributed by atoms with Crippen LogP contribution in [0.4, 0.5) is 5.69 Å². The van der Waals surface area contributed by atoms with Crippen LogP contribution in [0.25, 0.3) is 10.8 Å². The number of nitrogens with one attached hydrogen (secondary N) is 1. The van der Waals surface area contributed by atoms with Gasteiger partial charge in [0, 0.05) is 11.7 Å². The average molecular weight is 354 g/mol. The molecule has 0 saturated carbocycles. The molecule has 1 N–H and O–H groups in total. The molecule has 0 atom stereocenters. The number of fused-ring (bicyclic) bond motifs is 1. The topological polar surface area (TPSA) is 86.3 Å². The first-order valence-electron chi connectivity index (χ1n) is 7.74. The van der Waals surface area contributed by atoms with Gasteiger partial charge in [-0.2, -0.15) is 0 Å². The van der Waals surface area contributed by atoms with Crippen molar-refractivity contribution in [2.24, 2.45) is 0 Å². The van der Waals surface area contributed by atoms with Crippen LogP contribution in [0.15, 0.2) is 71.6 Å². The molecule has 0 radical (unpaired) electrons. The van der Waals surface area contributed by atoms with Gasteiger partial charge in [0.05, 0.1) is 4.90 Å². The fourth-order valence-electron chi connectivity index (χ4n) is 2.55. The molecule has 0 heterocycles. The van der Waals surface area contributed by atoms with Gasteiger partial charge in [-0.1, -0.05) is 42.5 Å². The van der Waals surface area contributed by atoms with E-state index >= 15 is 0 Å². The van der Waals surface area contributed by atoms with Crippen molar-refractivity contribution in [3.8, 4) is 0 Å². The molecule has 0 fully saturated rings. The Morgan fingerprint density at radius 1 is 0.920 bits per heavy atom. The Bertz CT molecular complexity index is 1010. The van der Waals surface area contributed by atoms with Crippen LogP contribution in [0, 0.1) is 0 Å². The van der Waals surface area contributed by atoms with E-state index in [2.05, 4.69) is 4.72 Å². The number of hydrogen-bond acceptors (Lipinski definition) is 4. The van der Waals surface area contributed by atoms with Gasteiger partial charge in [0.2, 0.25) is 0 Å². The van der Waals surface area contributed by atoms with Crippen LogP contribution < -0.4 is 9.83 Å². The summed E-state index contributed by atoms with van der Waals surface area (Å²) < 4.78 is 27.6. The van der Waals surface area contributed by atoms with E-state index in [1.54, 1.807) is 24.3 Å². The van der Waals surface area contributed by atoms with Crippen LogP contribution in [-0.2, 0) is 21.2 Å². The van der Waals surface area contributed by atoms with E-state index in [1.807, 2.05) is 30.3 Å². The van der Waals surface area contributed by atoms with E-state index in [0.717, 1.165) is 16.3 Å². The van der Waals surface area contributed by atoms with Gasteiger partial charge < -0.3 is 9.90 Å². The van der Waals surface area contributed by atoms with E-state index in [-0.39, 0.29) is 11.3 Å². The van der Waals surface area contributed by atoms with Gasteiger partial charge in [-0.25, -0.2) is 8.42 Å². The van der Waals surface area contributed by atoms with Crippen molar-refractivity contribution in [2.75, 3.05) is 4.72 Å². The smallest absolute Gasteiger partial charge is 0.261 e. The summed E-state index contributed by atoms with van der Waals surface area (Å²) in [6, 6.07) is 19.2. The van der Waals surface area contributed by atoms with Crippen molar-refractivity contribution in [2.45, 2.75) is 17.7 Å². The van der Waals surface area contributed by atoms with E-state index in [1.165, 1.54) is 12.1 Å². The standard InChI is InChI=1S/C19H17NO4S/c21-19(22)12-7-14-5-10-18(11-6-14)25(23,24)20-17-9-8-15-3-1-2-4-16(15)13-17/h1-6,8-11,13,20H,7,12H2,(H,21,22)/p-1. The highest BCUT2D eigenvalue weighted by Gasteiger charge is 2.14. The monoisotopic (exact) mass is 354 g/mol. The molecule has 3 rings (SSSR count). The minimum Gasteiger partial charge on any atom is -0.550 e. The molecule has 0 spiro atoms. The third-order valence-electron chi connectivity index (χ3n) is 3.85. The zero-order valence-corrected chi connectivity index (χ0v) is 14.1. The number of anilines is 1. The first kappa shape index (κ1) is 17.0. The Kier molecular flexibility index (Phi) is 4.72. The number of benzene rings is 3. The fraction of sp³-hybridized carbons (Fsp3) is 0.105. The van der Waals surface area contributed by atoms with Gasteiger partial charge in [-0.3, -0.25) is 4.72 Å². The molecular weight excluding hydrogens is 338 g/mol. The van der Waals surface area contributed by atoms with Gasteiger partial charge in [0.1, 0.15) is 0 Å². The quantitative estimate of drug-likeness (QED) is 0.736. The van der Waals surface area contributed by atoms with Crippen LogP contribution in [0.1, 0.15) is 12.0 Å². The van der Waals surface area contributed by atoms with Crippen molar-refractivity contribution in [3.63, 3.8) is 0 Å². The molecule has 3 aromatic rings. The van der Waals surface area contributed by atoms with Gasteiger partial charge in [0.25, 0.3) is 10.0 Å². The predicted octanol–water partition coefficient (Wildman–Crippen LogP) is 2.32. The molecule has 0 aliphatic rings. The Morgan fingerprint density at radius 2 is 1.60 bits per heavy atom. The van der Waals surface area contributed by atoms with Gasteiger partial charge in [0.15, 0.2) is 0 Å². The van der Waals surface area contributed by atoms with E-state index in [4.69, 9.17) is 0 Å². The molecular formula is C19H16NO4S-. The van der Waals surface area contributed by atoms with Crippen LogP contribution in [0.5, 0.6) is 0 Å². The normalized spacial score (nSPS) is 11.4. The lowest BCUT2D eigenvalue weighted by molar-refractivity contribution is -0.305. The summed E-state index contributed by atoms with van der Waals surface area (Å²) in [5.41, 5.74) is 1.23. The lowest BCUT2D eigenvalue weighted by Crippen LogP contribution is -2.22. The number of aliphatic carboxylic acids is 1. The summed E-state index contributed by atoms with van der Waals surface area (Å²) in [5, 5.41) is 12.5. The summed E-state index contributed by atoms with van der Waals surface area (Å²) >= 11 is 0. The number of carbonyl (C=O) groups excluding carboxylic acids is 1. The Labute approximate surface area is 146 Å². The first-order valence-corrected chi connectivity index (χ1v) is 9.23. The molecule has 0 saturated heterocycles.